The fourth-order valence-electron chi connectivity index (χ4n) is 2.24. The Bertz CT molecular complexity index is 931. The molecule has 3 rings (SSSR count). The van der Waals surface area contributed by atoms with Crippen LogP contribution in [0.4, 0.5) is 5.13 Å². The average molecular weight is 364 g/mol. The number of hydrogen-bond acceptors (Lipinski definition) is 5. The lowest BCUT2D eigenvalue weighted by molar-refractivity contribution is -0.111. The second-order valence-electron chi connectivity index (χ2n) is 5.34. The maximum absolute atomic E-state index is 12.0. The van der Waals surface area contributed by atoms with Crippen molar-refractivity contribution in [1.29, 1.82) is 0 Å². The molecule has 0 fully saturated rings. The number of nitrogens with one attached hydrogen (secondary N) is 1. The average Bonchev–Trinajstić information content (AvgIpc) is 3.15. The van der Waals surface area contributed by atoms with Crippen molar-refractivity contribution in [3.63, 3.8) is 0 Å². The third-order valence-electron chi connectivity index (χ3n) is 3.56. The quantitative estimate of drug-likeness (QED) is 0.543. The summed E-state index contributed by atoms with van der Waals surface area (Å²) in [5.74, 6) is -0.660. The minimum absolute atomic E-state index is 0.268. The highest BCUT2D eigenvalue weighted by Crippen LogP contribution is 2.24. The van der Waals surface area contributed by atoms with Crippen LogP contribution in [0.25, 0.3) is 17.3 Å². The number of aromatic nitrogens is 1. The van der Waals surface area contributed by atoms with Crippen LogP contribution in [0.1, 0.15) is 15.9 Å². The van der Waals surface area contributed by atoms with Gasteiger partial charge in [0.25, 0.3) is 0 Å². The van der Waals surface area contributed by atoms with Gasteiger partial charge in [0.15, 0.2) is 5.13 Å². The van der Waals surface area contributed by atoms with Crippen molar-refractivity contribution in [2.45, 2.75) is 0 Å². The molecule has 0 saturated heterocycles. The molecule has 5 nitrogen and oxygen atoms in total. The molecule has 0 unspecified atom stereocenters. The maximum atomic E-state index is 12.0. The van der Waals surface area contributed by atoms with Crippen LogP contribution < -0.4 is 5.32 Å². The van der Waals surface area contributed by atoms with Crippen LogP contribution >= 0.6 is 11.3 Å². The van der Waals surface area contributed by atoms with Crippen LogP contribution in [0.3, 0.4) is 0 Å². The fraction of sp³-hybridized carbons (Fsp3) is 0.0500. The molecule has 1 amide bonds. The highest BCUT2D eigenvalue weighted by Gasteiger charge is 2.06. The zero-order valence-electron chi connectivity index (χ0n) is 14.0. The summed E-state index contributed by atoms with van der Waals surface area (Å²) in [6.07, 6.45) is 3.10. The molecule has 0 atom stereocenters. The topological polar surface area (TPSA) is 68.3 Å². The number of esters is 1. The zero-order chi connectivity index (χ0) is 18.4. The normalized spacial score (nSPS) is 10.7. The number of rotatable bonds is 5. The summed E-state index contributed by atoms with van der Waals surface area (Å²) < 4.78 is 4.65. The van der Waals surface area contributed by atoms with E-state index in [9.17, 15) is 9.59 Å². The molecule has 1 aromatic heterocycles. The van der Waals surface area contributed by atoms with Gasteiger partial charge in [0.2, 0.25) is 5.91 Å². The van der Waals surface area contributed by atoms with Crippen LogP contribution in [-0.2, 0) is 9.53 Å². The molecular formula is C20H16N2O3S. The van der Waals surface area contributed by atoms with Crippen molar-refractivity contribution < 1.29 is 14.3 Å². The highest BCUT2D eigenvalue weighted by atomic mass is 32.1. The van der Waals surface area contributed by atoms with E-state index in [1.807, 2.05) is 35.7 Å². The van der Waals surface area contributed by atoms with Crippen LogP contribution in [0, 0.1) is 0 Å². The van der Waals surface area contributed by atoms with Gasteiger partial charge in [-0.05, 0) is 23.8 Å². The molecule has 0 spiro atoms. The van der Waals surface area contributed by atoms with Gasteiger partial charge < -0.3 is 4.74 Å². The SMILES string of the molecule is COC(=O)c1ccc(/C=C/C(=O)Nc2nc(-c3ccccc3)cs2)cc1. The van der Waals surface area contributed by atoms with Crippen LogP contribution in [0.5, 0.6) is 0 Å². The van der Waals surface area contributed by atoms with E-state index in [0.717, 1.165) is 16.8 Å². The lowest BCUT2D eigenvalue weighted by Crippen LogP contribution is -2.07. The standard InChI is InChI=1S/C20H16N2O3S/c1-25-19(24)16-10-7-14(8-11-16)9-12-18(23)22-20-21-17(13-26-20)15-5-3-2-4-6-15/h2-13H,1H3,(H,21,22,23)/b12-9+. The number of amides is 1. The summed E-state index contributed by atoms with van der Waals surface area (Å²) in [6.45, 7) is 0. The first-order valence-corrected chi connectivity index (χ1v) is 8.72. The van der Waals surface area contributed by atoms with Gasteiger partial charge in [-0.15, -0.1) is 11.3 Å². The largest absolute Gasteiger partial charge is 0.465 e. The molecule has 2 aromatic carbocycles. The Balaban J connectivity index is 1.61. The second kappa shape index (κ2) is 8.22. The second-order valence-corrected chi connectivity index (χ2v) is 6.20. The van der Waals surface area contributed by atoms with E-state index < -0.39 is 5.97 Å². The number of carbonyl (C=O) groups excluding carboxylic acids is 2. The Kier molecular flexibility index (Phi) is 5.56. The number of nitrogens with zero attached hydrogens (tertiary/aromatic N) is 1. The Labute approximate surface area is 155 Å². The van der Waals surface area contributed by atoms with Crippen LogP contribution in [-0.4, -0.2) is 24.0 Å². The lowest BCUT2D eigenvalue weighted by atomic mass is 10.1. The van der Waals surface area contributed by atoms with Crippen molar-refractivity contribution in [2.24, 2.45) is 0 Å². The summed E-state index contributed by atoms with van der Waals surface area (Å²) in [5.41, 5.74) is 3.10. The van der Waals surface area contributed by atoms with E-state index >= 15 is 0 Å². The first kappa shape index (κ1) is 17.6. The molecule has 0 saturated carbocycles. The molecule has 1 N–H and O–H groups in total. The summed E-state index contributed by atoms with van der Waals surface area (Å²) >= 11 is 1.37. The summed E-state index contributed by atoms with van der Waals surface area (Å²) in [5, 5.41) is 5.19. The molecule has 0 aliphatic heterocycles. The minimum atomic E-state index is -0.392. The smallest absolute Gasteiger partial charge is 0.337 e. The summed E-state index contributed by atoms with van der Waals surface area (Å²) in [4.78, 5) is 27.9. The molecule has 3 aromatic rings. The number of hydrogen-bond donors (Lipinski definition) is 1. The number of thiazole rings is 1. The monoisotopic (exact) mass is 364 g/mol. The van der Waals surface area contributed by atoms with Gasteiger partial charge in [-0.2, -0.15) is 0 Å². The zero-order valence-corrected chi connectivity index (χ0v) is 14.8. The molecule has 1 heterocycles. The fourth-order valence-corrected chi connectivity index (χ4v) is 2.96. The predicted octanol–water partition coefficient (Wildman–Crippen LogP) is 4.25. The maximum Gasteiger partial charge on any atom is 0.337 e. The molecule has 0 aliphatic rings. The third kappa shape index (κ3) is 4.43. The van der Waals surface area contributed by atoms with Crippen LogP contribution in [0.2, 0.25) is 0 Å². The first-order chi connectivity index (χ1) is 12.7. The van der Waals surface area contributed by atoms with E-state index in [2.05, 4.69) is 15.0 Å². The van der Waals surface area contributed by atoms with E-state index in [1.54, 1.807) is 30.3 Å². The number of benzene rings is 2. The van der Waals surface area contributed by atoms with E-state index in [4.69, 9.17) is 0 Å². The van der Waals surface area contributed by atoms with Crippen molar-refractivity contribution >= 4 is 34.4 Å². The Morgan fingerprint density at radius 3 is 2.50 bits per heavy atom. The molecular weight excluding hydrogens is 348 g/mol. The third-order valence-corrected chi connectivity index (χ3v) is 4.32. The highest BCUT2D eigenvalue weighted by molar-refractivity contribution is 7.14. The van der Waals surface area contributed by atoms with Gasteiger partial charge in [-0.1, -0.05) is 42.5 Å². The number of ether oxygens (including phenoxy) is 1. The predicted molar refractivity (Wildman–Crippen MR) is 103 cm³/mol. The Morgan fingerprint density at radius 2 is 1.81 bits per heavy atom. The van der Waals surface area contributed by atoms with Crippen LogP contribution in [0.15, 0.2) is 66.1 Å². The number of carbonyl (C=O) groups is 2. The summed E-state index contributed by atoms with van der Waals surface area (Å²) in [6, 6.07) is 16.6. The first-order valence-electron chi connectivity index (χ1n) is 7.84. The molecule has 26 heavy (non-hydrogen) atoms. The number of methoxy groups -OCH3 is 1. The molecule has 0 radical (unpaired) electrons. The van der Waals surface area contributed by atoms with Crippen molar-refractivity contribution in [3.05, 3.63) is 77.2 Å². The van der Waals surface area contributed by atoms with Gasteiger partial charge >= 0.3 is 5.97 Å². The van der Waals surface area contributed by atoms with Gasteiger partial charge in [0.05, 0.1) is 18.4 Å². The van der Waals surface area contributed by atoms with Crippen molar-refractivity contribution in [2.75, 3.05) is 12.4 Å². The van der Waals surface area contributed by atoms with Crippen molar-refractivity contribution in [1.82, 2.24) is 4.98 Å². The lowest BCUT2D eigenvalue weighted by Gasteiger charge is -1.99. The summed E-state index contributed by atoms with van der Waals surface area (Å²) in [7, 11) is 1.34. The Hall–Kier alpha value is -3.25. The van der Waals surface area contributed by atoms with Gasteiger partial charge in [0.1, 0.15) is 0 Å². The van der Waals surface area contributed by atoms with Gasteiger partial charge in [-0.25, -0.2) is 9.78 Å². The van der Waals surface area contributed by atoms with Gasteiger partial charge in [-0.3, -0.25) is 10.1 Å². The molecule has 6 heteroatoms. The number of anilines is 1. The molecule has 0 bridgehead atoms. The minimum Gasteiger partial charge on any atom is -0.465 e. The van der Waals surface area contributed by atoms with E-state index in [-0.39, 0.29) is 5.91 Å². The molecule has 130 valence electrons. The van der Waals surface area contributed by atoms with Crippen molar-refractivity contribution in [3.8, 4) is 11.3 Å². The Morgan fingerprint density at radius 1 is 1.08 bits per heavy atom. The van der Waals surface area contributed by atoms with Gasteiger partial charge in [0, 0.05) is 17.0 Å². The van der Waals surface area contributed by atoms with E-state index in [1.165, 1.54) is 24.5 Å². The molecule has 0 aliphatic carbocycles. The van der Waals surface area contributed by atoms with E-state index in [0.29, 0.717) is 10.7 Å².